The number of nitrogens with one attached hydrogen (secondary N) is 1. The van der Waals surface area contributed by atoms with Crippen LogP contribution in [0.4, 0.5) is 0 Å². The summed E-state index contributed by atoms with van der Waals surface area (Å²) in [5, 5.41) is 3.20. The molecule has 1 aliphatic rings. The SMILES string of the molecule is CS(=O)(=O)NC1CCN(C(=O)Cc2coc3ccc4ccccc4c23)CC1. The van der Waals surface area contributed by atoms with Gasteiger partial charge in [0.05, 0.1) is 18.9 Å². The van der Waals surface area contributed by atoms with Crippen LogP contribution in [0.5, 0.6) is 0 Å². The minimum Gasteiger partial charge on any atom is -0.464 e. The summed E-state index contributed by atoms with van der Waals surface area (Å²) in [7, 11) is -3.21. The Kier molecular flexibility index (Phi) is 4.65. The maximum atomic E-state index is 12.8. The lowest BCUT2D eigenvalue weighted by Crippen LogP contribution is -2.46. The van der Waals surface area contributed by atoms with Crippen LogP contribution in [0.2, 0.25) is 0 Å². The van der Waals surface area contributed by atoms with Crippen LogP contribution in [0.15, 0.2) is 47.1 Å². The van der Waals surface area contributed by atoms with E-state index in [4.69, 9.17) is 4.42 Å². The topological polar surface area (TPSA) is 79.6 Å². The van der Waals surface area contributed by atoms with Gasteiger partial charge in [0, 0.05) is 30.1 Å². The summed E-state index contributed by atoms with van der Waals surface area (Å²) in [5.41, 5.74) is 1.68. The second-order valence-electron chi connectivity index (χ2n) is 7.14. The number of carbonyl (C=O) groups is 1. The molecule has 1 aliphatic heterocycles. The van der Waals surface area contributed by atoms with Crippen molar-refractivity contribution >= 4 is 37.7 Å². The van der Waals surface area contributed by atoms with Crippen LogP contribution in [0.1, 0.15) is 18.4 Å². The van der Waals surface area contributed by atoms with E-state index in [-0.39, 0.29) is 18.4 Å². The predicted octanol–water partition coefficient (Wildman–Crippen LogP) is 2.67. The van der Waals surface area contributed by atoms with Gasteiger partial charge in [-0.2, -0.15) is 0 Å². The highest BCUT2D eigenvalue weighted by Gasteiger charge is 2.25. The second kappa shape index (κ2) is 6.98. The summed E-state index contributed by atoms with van der Waals surface area (Å²) in [6, 6.07) is 11.9. The van der Waals surface area contributed by atoms with Crippen LogP contribution in [0.25, 0.3) is 21.7 Å². The van der Waals surface area contributed by atoms with Crippen molar-refractivity contribution in [3.05, 3.63) is 48.2 Å². The van der Waals surface area contributed by atoms with Crippen molar-refractivity contribution in [3.8, 4) is 0 Å². The van der Waals surface area contributed by atoms with Crippen molar-refractivity contribution in [1.29, 1.82) is 0 Å². The van der Waals surface area contributed by atoms with Gasteiger partial charge in [0.15, 0.2) is 0 Å². The van der Waals surface area contributed by atoms with Crippen LogP contribution >= 0.6 is 0 Å². The molecule has 7 heteroatoms. The largest absolute Gasteiger partial charge is 0.464 e. The lowest BCUT2D eigenvalue weighted by molar-refractivity contribution is -0.131. The summed E-state index contributed by atoms with van der Waals surface area (Å²) in [4.78, 5) is 14.6. The monoisotopic (exact) mass is 386 g/mol. The molecule has 0 saturated carbocycles. The molecule has 0 unspecified atom stereocenters. The zero-order valence-electron chi connectivity index (χ0n) is 15.1. The normalized spacial score (nSPS) is 16.3. The molecule has 0 aliphatic carbocycles. The van der Waals surface area contributed by atoms with Crippen LogP contribution in [-0.2, 0) is 21.2 Å². The number of rotatable bonds is 4. The number of furan rings is 1. The molecule has 1 saturated heterocycles. The van der Waals surface area contributed by atoms with Crippen LogP contribution in [0.3, 0.4) is 0 Å². The van der Waals surface area contributed by atoms with Gasteiger partial charge in [0.1, 0.15) is 5.58 Å². The zero-order valence-corrected chi connectivity index (χ0v) is 16.0. The first-order valence-corrected chi connectivity index (χ1v) is 10.9. The Morgan fingerprint density at radius 3 is 2.67 bits per heavy atom. The molecule has 27 heavy (non-hydrogen) atoms. The van der Waals surface area contributed by atoms with Gasteiger partial charge < -0.3 is 9.32 Å². The molecule has 1 N–H and O–H groups in total. The van der Waals surface area contributed by atoms with E-state index in [0.29, 0.717) is 25.9 Å². The Hall–Kier alpha value is -2.38. The number of nitrogens with zero attached hydrogens (tertiary/aromatic N) is 1. The summed E-state index contributed by atoms with van der Waals surface area (Å²) in [6.07, 6.45) is 4.39. The third-order valence-electron chi connectivity index (χ3n) is 5.11. The van der Waals surface area contributed by atoms with E-state index in [0.717, 1.165) is 27.3 Å². The van der Waals surface area contributed by atoms with Crippen LogP contribution in [-0.4, -0.2) is 44.6 Å². The van der Waals surface area contributed by atoms with Gasteiger partial charge in [-0.15, -0.1) is 0 Å². The number of sulfonamides is 1. The standard InChI is InChI=1S/C20H22N2O4S/c1-27(24,25)21-16-8-10-22(11-9-16)19(23)12-15-13-26-18-7-6-14-4-2-3-5-17(14)20(15)18/h2-7,13,16,21H,8-12H2,1H3. The number of hydrogen-bond donors (Lipinski definition) is 1. The van der Waals surface area contributed by atoms with E-state index in [2.05, 4.69) is 4.72 Å². The Morgan fingerprint density at radius 2 is 1.93 bits per heavy atom. The number of piperidine rings is 1. The number of hydrogen-bond acceptors (Lipinski definition) is 4. The van der Waals surface area contributed by atoms with Gasteiger partial charge in [0.25, 0.3) is 0 Å². The Labute approximate surface area is 158 Å². The lowest BCUT2D eigenvalue weighted by atomic mass is 10.0. The maximum absolute atomic E-state index is 12.8. The van der Waals surface area contributed by atoms with Crippen molar-refractivity contribution in [2.45, 2.75) is 25.3 Å². The van der Waals surface area contributed by atoms with Gasteiger partial charge in [-0.05, 0) is 29.7 Å². The first kappa shape index (κ1) is 18.0. The van der Waals surface area contributed by atoms with Gasteiger partial charge in [0.2, 0.25) is 15.9 Å². The van der Waals surface area contributed by atoms with Crippen LogP contribution in [0, 0.1) is 0 Å². The van der Waals surface area contributed by atoms with E-state index in [1.54, 1.807) is 6.26 Å². The molecule has 1 fully saturated rings. The number of fused-ring (bicyclic) bond motifs is 3. The quantitative estimate of drug-likeness (QED) is 0.748. The molecule has 0 radical (unpaired) electrons. The first-order valence-electron chi connectivity index (χ1n) is 9.03. The fourth-order valence-electron chi connectivity index (χ4n) is 3.83. The highest BCUT2D eigenvalue weighted by atomic mass is 32.2. The molecule has 4 rings (SSSR count). The second-order valence-corrected chi connectivity index (χ2v) is 8.92. The highest BCUT2D eigenvalue weighted by molar-refractivity contribution is 7.88. The van der Waals surface area contributed by atoms with E-state index in [1.807, 2.05) is 41.3 Å². The van der Waals surface area contributed by atoms with Gasteiger partial charge in [-0.3, -0.25) is 4.79 Å². The average Bonchev–Trinajstić information content (AvgIpc) is 3.04. The molecular formula is C20H22N2O4S. The molecule has 0 spiro atoms. The minimum atomic E-state index is -3.21. The Morgan fingerprint density at radius 1 is 1.19 bits per heavy atom. The number of likely N-dealkylation sites (tertiary alicyclic amines) is 1. The zero-order chi connectivity index (χ0) is 19.0. The van der Waals surface area contributed by atoms with Crippen molar-refractivity contribution in [2.24, 2.45) is 0 Å². The Balaban J connectivity index is 1.50. The highest BCUT2D eigenvalue weighted by Crippen LogP contribution is 2.30. The van der Waals surface area contributed by atoms with Gasteiger partial charge in [-0.1, -0.05) is 30.3 Å². The molecule has 1 aromatic heterocycles. The fraction of sp³-hybridized carbons (Fsp3) is 0.350. The first-order chi connectivity index (χ1) is 12.9. The number of amides is 1. The van der Waals surface area contributed by atoms with Crippen molar-refractivity contribution in [2.75, 3.05) is 19.3 Å². The molecule has 1 amide bonds. The van der Waals surface area contributed by atoms with E-state index in [1.165, 1.54) is 6.26 Å². The third-order valence-corrected chi connectivity index (χ3v) is 5.87. The molecule has 2 heterocycles. The predicted molar refractivity (Wildman–Crippen MR) is 105 cm³/mol. The molecule has 0 atom stereocenters. The van der Waals surface area contributed by atoms with Crippen molar-refractivity contribution < 1.29 is 17.6 Å². The van der Waals surface area contributed by atoms with Crippen molar-refractivity contribution in [1.82, 2.24) is 9.62 Å². The Bertz CT molecular complexity index is 1100. The van der Waals surface area contributed by atoms with E-state index < -0.39 is 10.0 Å². The fourth-order valence-corrected chi connectivity index (χ4v) is 4.67. The maximum Gasteiger partial charge on any atom is 0.227 e. The van der Waals surface area contributed by atoms with Gasteiger partial charge in [-0.25, -0.2) is 13.1 Å². The molecule has 142 valence electrons. The molecule has 2 aromatic carbocycles. The molecule has 6 nitrogen and oxygen atoms in total. The van der Waals surface area contributed by atoms with Crippen molar-refractivity contribution in [3.63, 3.8) is 0 Å². The van der Waals surface area contributed by atoms with Gasteiger partial charge >= 0.3 is 0 Å². The summed E-state index contributed by atoms with van der Waals surface area (Å²) in [5.74, 6) is 0.0449. The summed E-state index contributed by atoms with van der Waals surface area (Å²) < 4.78 is 31.0. The molecular weight excluding hydrogens is 364 g/mol. The van der Waals surface area contributed by atoms with E-state index in [9.17, 15) is 13.2 Å². The molecule has 0 bridgehead atoms. The number of benzene rings is 2. The molecule has 3 aromatic rings. The smallest absolute Gasteiger partial charge is 0.227 e. The van der Waals surface area contributed by atoms with E-state index >= 15 is 0 Å². The summed E-state index contributed by atoms with van der Waals surface area (Å²) >= 11 is 0. The number of carbonyl (C=O) groups excluding carboxylic acids is 1. The third kappa shape index (κ3) is 3.84. The van der Waals surface area contributed by atoms with Crippen LogP contribution < -0.4 is 4.72 Å². The lowest BCUT2D eigenvalue weighted by Gasteiger charge is -2.32. The minimum absolute atomic E-state index is 0.0449. The summed E-state index contributed by atoms with van der Waals surface area (Å²) in [6.45, 7) is 1.12. The average molecular weight is 386 g/mol.